The number of rotatable bonds is 1. The van der Waals surface area contributed by atoms with Gasteiger partial charge in [0, 0.05) is 5.92 Å². The van der Waals surface area contributed by atoms with E-state index < -0.39 is 0 Å². The van der Waals surface area contributed by atoms with Gasteiger partial charge in [-0.15, -0.1) is 0 Å². The summed E-state index contributed by atoms with van der Waals surface area (Å²) in [5.41, 5.74) is 2.59. The van der Waals surface area contributed by atoms with Crippen molar-refractivity contribution >= 4 is 0 Å². The molecule has 1 unspecified atom stereocenters. The standard InChI is InChI=1S/C10H16O2/c1-7(2)9-5-4-8(3)10(6-9)12-11/h6,8,11H,4-5H2,1-3H3. The fourth-order valence-corrected chi connectivity index (χ4v) is 1.41. The minimum atomic E-state index is 0.345. The lowest BCUT2D eigenvalue weighted by atomic mass is 9.90. The Kier molecular flexibility index (Phi) is 2.93. The van der Waals surface area contributed by atoms with E-state index in [1.807, 2.05) is 6.08 Å². The highest BCUT2D eigenvalue weighted by Crippen LogP contribution is 2.29. The molecule has 0 aromatic heterocycles. The third-order valence-electron chi connectivity index (χ3n) is 2.40. The van der Waals surface area contributed by atoms with Crippen molar-refractivity contribution < 1.29 is 10.1 Å². The first-order valence-corrected chi connectivity index (χ1v) is 4.34. The Balaban J connectivity index is 2.88. The molecule has 0 aromatic rings. The second-order valence-corrected chi connectivity index (χ2v) is 3.60. The van der Waals surface area contributed by atoms with Gasteiger partial charge in [0.05, 0.1) is 0 Å². The predicted molar refractivity (Wildman–Crippen MR) is 48.6 cm³/mol. The molecule has 2 nitrogen and oxygen atoms in total. The van der Waals surface area contributed by atoms with Crippen LogP contribution in [0.25, 0.3) is 0 Å². The van der Waals surface area contributed by atoms with Gasteiger partial charge in [-0.1, -0.05) is 12.5 Å². The van der Waals surface area contributed by atoms with E-state index >= 15 is 0 Å². The lowest BCUT2D eigenvalue weighted by Gasteiger charge is -2.19. The molecule has 1 N–H and O–H groups in total. The summed E-state index contributed by atoms with van der Waals surface area (Å²) in [6.07, 6.45) is 4.10. The minimum absolute atomic E-state index is 0.345. The van der Waals surface area contributed by atoms with Crippen molar-refractivity contribution in [3.63, 3.8) is 0 Å². The van der Waals surface area contributed by atoms with Crippen LogP contribution in [-0.4, -0.2) is 5.26 Å². The highest BCUT2D eigenvalue weighted by atomic mass is 17.1. The second-order valence-electron chi connectivity index (χ2n) is 3.60. The molecule has 0 aliphatic heterocycles. The summed E-state index contributed by atoms with van der Waals surface area (Å²) in [6, 6.07) is 0. The van der Waals surface area contributed by atoms with Gasteiger partial charge < -0.3 is 4.89 Å². The Morgan fingerprint density at radius 3 is 2.75 bits per heavy atom. The second kappa shape index (κ2) is 3.76. The van der Waals surface area contributed by atoms with Crippen LogP contribution in [0.3, 0.4) is 0 Å². The van der Waals surface area contributed by atoms with E-state index in [2.05, 4.69) is 25.7 Å². The van der Waals surface area contributed by atoms with E-state index in [9.17, 15) is 0 Å². The summed E-state index contributed by atoms with van der Waals surface area (Å²) in [7, 11) is 0. The first-order chi connectivity index (χ1) is 5.65. The van der Waals surface area contributed by atoms with Gasteiger partial charge in [-0.05, 0) is 38.3 Å². The molecule has 1 atom stereocenters. The number of allylic oxidation sites excluding steroid dienone is 4. The van der Waals surface area contributed by atoms with Crippen molar-refractivity contribution in [2.75, 3.05) is 0 Å². The molecular weight excluding hydrogens is 152 g/mol. The van der Waals surface area contributed by atoms with Crippen LogP contribution in [0.1, 0.15) is 33.6 Å². The molecule has 1 aliphatic rings. The van der Waals surface area contributed by atoms with Crippen LogP contribution in [-0.2, 0) is 4.89 Å². The fraction of sp³-hybridized carbons (Fsp3) is 0.600. The molecule has 12 heavy (non-hydrogen) atoms. The van der Waals surface area contributed by atoms with E-state index in [0.29, 0.717) is 11.7 Å². The molecule has 0 saturated carbocycles. The van der Waals surface area contributed by atoms with E-state index in [4.69, 9.17) is 5.26 Å². The summed E-state index contributed by atoms with van der Waals surface area (Å²) in [5.74, 6) is 1.04. The van der Waals surface area contributed by atoms with Crippen molar-refractivity contribution in [1.82, 2.24) is 0 Å². The van der Waals surface area contributed by atoms with Crippen molar-refractivity contribution in [2.24, 2.45) is 5.92 Å². The van der Waals surface area contributed by atoms with Gasteiger partial charge in [-0.3, -0.25) is 0 Å². The van der Waals surface area contributed by atoms with Crippen LogP contribution in [0.15, 0.2) is 23.0 Å². The molecular formula is C10H16O2. The topological polar surface area (TPSA) is 29.5 Å². The SMILES string of the molecule is CC(C)=C1C=C(OO)C(C)CC1. The van der Waals surface area contributed by atoms with Crippen LogP contribution in [0.4, 0.5) is 0 Å². The van der Waals surface area contributed by atoms with Gasteiger partial charge in [0.1, 0.15) is 5.76 Å². The van der Waals surface area contributed by atoms with Gasteiger partial charge >= 0.3 is 0 Å². The van der Waals surface area contributed by atoms with Crippen molar-refractivity contribution in [1.29, 1.82) is 0 Å². The zero-order chi connectivity index (χ0) is 9.14. The maximum Gasteiger partial charge on any atom is 0.145 e. The van der Waals surface area contributed by atoms with E-state index in [1.54, 1.807) is 0 Å². The quantitative estimate of drug-likeness (QED) is 0.481. The Morgan fingerprint density at radius 2 is 2.25 bits per heavy atom. The van der Waals surface area contributed by atoms with Crippen LogP contribution in [0.5, 0.6) is 0 Å². The molecule has 0 amide bonds. The Morgan fingerprint density at radius 1 is 1.58 bits per heavy atom. The molecule has 1 aliphatic carbocycles. The molecule has 0 bridgehead atoms. The highest BCUT2D eigenvalue weighted by molar-refractivity contribution is 5.28. The maximum absolute atomic E-state index is 8.57. The molecule has 0 saturated heterocycles. The molecule has 0 spiro atoms. The normalized spacial score (nSPS) is 23.5. The molecule has 2 heteroatoms. The van der Waals surface area contributed by atoms with Crippen molar-refractivity contribution in [3.8, 4) is 0 Å². The molecule has 0 heterocycles. The van der Waals surface area contributed by atoms with Crippen molar-refractivity contribution in [2.45, 2.75) is 33.6 Å². The lowest BCUT2D eigenvalue weighted by molar-refractivity contribution is -0.211. The van der Waals surface area contributed by atoms with E-state index in [0.717, 1.165) is 12.8 Å². The van der Waals surface area contributed by atoms with Gasteiger partial charge in [0.25, 0.3) is 0 Å². The summed E-state index contributed by atoms with van der Waals surface area (Å²) in [6.45, 7) is 6.22. The third-order valence-corrected chi connectivity index (χ3v) is 2.40. The Bertz CT molecular complexity index is 222. The number of hydrogen-bond acceptors (Lipinski definition) is 2. The highest BCUT2D eigenvalue weighted by Gasteiger charge is 2.17. The van der Waals surface area contributed by atoms with Gasteiger partial charge in [0.15, 0.2) is 0 Å². The fourth-order valence-electron chi connectivity index (χ4n) is 1.41. The first kappa shape index (κ1) is 9.33. The van der Waals surface area contributed by atoms with Crippen LogP contribution in [0, 0.1) is 5.92 Å². The average Bonchev–Trinajstić information content (AvgIpc) is 2.05. The third kappa shape index (κ3) is 1.89. The number of hydrogen-bond donors (Lipinski definition) is 1. The molecule has 68 valence electrons. The molecule has 0 aromatic carbocycles. The monoisotopic (exact) mass is 168 g/mol. The smallest absolute Gasteiger partial charge is 0.145 e. The van der Waals surface area contributed by atoms with Gasteiger partial charge in [0.2, 0.25) is 0 Å². The molecule has 0 fully saturated rings. The van der Waals surface area contributed by atoms with E-state index in [1.165, 1.54) is 11.1 Å². The van der Waals surface area contributed by atoms with Gasteiger partial charge in [-0.2, -0.15) is 0 Å². The maximum atomic E-state index is 8.57. The summed E-state index contributed by atoms with van der Waals surface area (Å²) in [5, 5.41) is 8.57. The summed E-state index contributed by atoms with van der Waals surface area (Å²) >= 11 is 0. The first-order valence-electron chi connectivity index (χ1n) is 4.34. The Hall–Kier alpha value is -0.760. The molecule has 1 rings (SSSR count). The van der Waals surface area contributed by atoms with Gasteiger partial charge in [-0.25, -0.2) is 5.26 Å². The predicted octanol–water partition coefficient (Wildman–Crippen LogP) is 3.13. The summed E-state index contributed by atoms with van der Waals surface area (Å²) in [4.78, 5) is 4.31. The van der Waals surface area contributed by atoms with Crippen LogP contribution < -0.4 is 0 Å². The lowest BCUT2D eigenvalue weighted by Crippen LogP contribution is -2.08. The van der Waals surface area contributed by atoms with E-state index in [-0.39, 0.29) is 0 Å². The zero-order valence-corrected chi connectivity index (χ0v) is 7.92. The van der Waals surface area contributed by atoms with Crippen LogP contribution >= 0.6 is 0 Å². The van der Waals surface area contributed by atoms with Crippen molar-refractivity contribution in [3.05, 3.63) is 23.0 Å². The zero-order valence-electron chi connectivity index (χ0n) is 7.92. The average molecular weight is 168 g/mol. The largest absolute Gasteiger partial charge is 0.344 e. The molecule has 0 radical (unpaired) electrons. The minimum Gasteiger partial charge on any atom is -0.344 e. The van der Waals surface area contributed by atoms with Crippen LogP contribution in [0.2, 0.25) is 0 Å². The summed E-state index contributed by atoms with van der Waals surface area (Å²) < 4.78 is 0. The Labute approximate surface area is 73.5 Å².